The number of anilines is 1. The van der Waals surface area contributed by atoms with Crippen molar-refractivity contribution >= 4 is 34.6 Å². The van der Waals surface area contributed by atoms with Crippen LogP contribution in [-0.4, -0.2) is 28.9 Å². The third-order valence-electron chi connectivity index (χ3n) is 7.01. The number of hydrogen-bond acceptors (Lipinski definition) is 4. The van der Waals surface area contributed by atoms with Crippen molar-refractivity contribution < 1.29 is 9.47 Å². The zero-order chi connectivity index (χ0) is 26.3. The average Bonchev–Trinajstić information content (AvgIpc) is 3.40. The molecule has 2 aromatic carbocycles. The number of rotatable bonds is 6. The molecule has 0 spiro atoms. The van der Waals surface area contributed by atoms with E-state index in [0.29, 0.717) is 16.6 Å². The number of methoxy groups -OCH3 is 2. The van der Waals surface area contributed by atoms with Gasteiger partial charge in [-0.3, -0.25) is 4.98 Å². The van der Waals surface area contributed by atoms with E-state index in [9.17, 15) is 0 Å². The van der Waals surface area contributed by atoms with E-state index in [2.05, 4.69) is 45.7 Å². The summed E-state index contributed by atoms with van der Waals surface area (Å²) in [7, 11) is 3.30. The molecule has 3 heterocycles. The minimum Gasteiger partial charge on any atom is -0.497 e. The standard InChI is InChI=1S/C29H29ClN4O2S/c1-17-15-21(19(3)33(17)24-11-8-9-22(30)18(24)2)28-27(23-10-6-7-14-31-23)32-29(37)34(28)25-13-12-20(35-4)16-26(25)36-5/h6-16,27-28H,1-5H3,(H,32,37)/t27-,28+/m0/s1. The molecular weight excluding hydrogens is 504 g/mol. The zero-order valence-corrected chi connectivity index (χ0v) is 23.0. The lowest BCUT2D eigenvalue weighted by atomic mass is 9.96. The molecule has 2 aromatic heterocycles. The lowest BCUT2D eigenvalue weighted by molar-refractivity contribution is 0.394. The minimum absolute atomic E-state index is 0.171. The SMILES string of the molecule is COc1ccc(N2C(=S)N[C@@H](c3ccccn3)[C@H]2c2cc(C)n(-c3cccc(Cl)c3C)c2C)c(OC)c1. The molecule has 0 unspecified atom stereocenters. The summed E-state index contributed by atoms with van der Waals surface area (Å²) in [5.74, 6) is 1.39. The molecule has 1 N–H and O–H groups in total. The van der Waals surface area contributed by atoms with Gasteiger partial charge in [-0.05, 0) is 86.6 Å². The molecule has 0 radical (unpaired) electrons. The largest absolute Gasteiger partial charge is 0.497 e. The number of halogens is 1. The van der Waals surface area contributed by atoms with E-state index in [1.165, 1.54) is 0 Å². The van der Waals surface area contributed by atoms with Crippen LogP contribution >= 0.6 is 23.8 Å². The van der Waals surface area contributed by atoms with Crippen molar-refractivity contribution in [2.24, 2.45) is 0 Å². The van der Waals surface area contributed by atoms with Crippen molar-refractivity contribution in [1.29, 1.82) is 0 Å². The Morgan fingerprint density at radius 2 is 1.76 bits per heavy atom. The van der Waals surface area contributed by atoms with Gasteiger partial charge >= 0.3 is 0 Å². The quantitative estimate of drug-likeness (QED) is 0.281. The van der Waals surface area contributed by atoms with Crippen molar-refractivity contribution in [2.45, 2.75) is 32.9 Å². The maximum Gasteiger partial charge on any atom is 0.174 e. The van der Waals surface area contributed by atoms with Crippen molar-refractivity contribution in [3.8, 4) is 17.2 Å². The lowest BCUT2D eigenvalue weighted by Gasteiger charge is -2.29. The fourth-order valence-electron chi connectivity index (χ4n) is 5.21. The van der Waals surface area contributed by atoms with Crippen LogP contribution in [0.1, 0.15) is 40.3 Å². The highest BCUT2D eigenvalue weighted by Crippen LogP contribution is 2.47. The Morgan fingerprint density at radius 1 is 0.946 bits per heavy atom. The summed E-state index contributed by atoms with van der Waals surface area (Å²) in [6.07, 6.45) is 1.81. The third kappa shape index (κ3) is 4.32. The topological polar surface area (TPSA) is 51.5 Å². The van der Waals surface area contributed by atoms with E-state index >= 15 is 0 Å². The van der Waals surface area contributed by atoms with Gasteiger partial charge in [0.25, 0.3) is 0 Å². The van der Waals surface area contributed by atoms with Crippen LogP contribution in [0.25, 0.3) is 5.69 Å². The van der Waals surface area contributed by atoms with E-state index in [1.54, 1.807) is 14.2 Å². The highest BCUT2D eigenvalue weighted by Gasteiger charge is 2.43. The van der Waals surface area contributed by atoms with E-state index in [0.717, 1.165) is 44.6 Å². The van der Waals surface area contributed by atoms with Gasteiger partial charge in [0.2, 0.25) is 0 Å². The lowest BCUT2D eigenvalue weighted by Crippen LogP contribution is -2.30. The van der Waals surface area contributed by atoms with Gasteiger partial charge in [-0.2, -0.15) is 0 Å². The van der Waals surface area contributed by atoms with Gasteiger partial charge in [0.15, 0.2) is 5.11 Å². The van der Waals surface area contributed by atoms with Crippen LogP contribution < -0.4 is 19.7 Å². The van der Waals surface area contributed by atoms with Crippen LogP contribution in [0, 0.1) is 20.8 Å². The van der Waals surface area contributed by atoms with E-state index in [4.69, 9.17) is 33.3 Å². The Bertz CT molecular complexity index is 1470. The fraction of sp³-hybridized carbons (Fsp3) is 0.241. The van der Waals surface area contributed by atoms with Gasteiger partial charge in [0.05, 0.1) is 37.7 Å². The zero-order valence-electron chi connectivity index (χ0n) is 21.4. The van der Waals surface area contributed by atoms with Gasteiger partial charge < -0.3 is 24.3 Å². The van der Waals surface area contributed by atoms with Crippen molar-refractivity contribution in [3.05, 3.63) is 100 Å². The molecule has 0 amide bonds. The van der Waals surface area contributed by atoms with Gasteiger partial charge in [0.1, 0.15) is 11.5 Å². The molecule has 0 saturated carbocycles. The van der Waals surface area contributed by atoms with Crippen LogP contribution in [0.3, 0.4) is 0 Å². The van der Waals surface area contributed by atoms with Crippen LogP contribution in [-0.2, 0) is 0 Å². The number of nitrogens with zero attached hydrogens (tertiary/aromatic N) is 3. The second kappa shape index (κ2) is 10.1. The van der Waals surface area contributed by atoms with E-state index in [-0.39, 0.29) is 12.1 Å². The number of nitrogens with one attached hydrogen (secondary N) is 1. The molecule has 0 bridgehead atoms. The average molecular weight is 533 g/mol. The highest BCUT2D eigenvalue weighted by molar-refractivity contribution is 7.80. The summed E-state index contributed by atoms with van der Waals surface area (Å²) < 4.78 is 13.5. The summed E-state index contributed by atoms with van der Waals surface area (Å²) >= 11 is 12.4. The maximum absolute atomic E-state index is 6.50. The molecule has 2 atom stereocenters. The molecule has 6 nitrogen and oxygen atoms in total. The Kier molecular flexibility index (Phi) is 6.84. The second-order valence-electron chi connectivity index (χ2n) is 9.08. The number of thiocarbonyl (C=S) groups is 1. The van der Waals surface area contributed by atoms with Crippen molar-refractivity contribution in [3.63, 3.8) is 0 Å². The Balaban J connectivity index is 1.72. The van der Waals surface area contributed by atoms with Crippen LogP contribution in [0.4, 0.5) is 5.69 Å². The fourth-order valence-corrected chi connectivity index (χ4v) is 5.72. The van der Waals surface area contributed by atoms with Gasteiger partial charge in [-0.25, -0.2) is 0 Å². The Hall–Kier alpha value is -3.55. The molecule has 0 aliphatic carbocycles. The summed E-state index contributed by atoms with van der Waals surface area (Å²) in [5.41, 5.74) is 7.21. The molecule has 190 valence electrons. The van der Waals surface area contributed by atoms with Gasteiger partial charge in [-0.1, -0.05) is 23.7 Å². The summed E-state index contributed by atoms with van der Waals surface area (Å²) in [5, 5.41) is 4.89. The highest BCUT2D eigenvalue weighted by atomic mass is 35.5. The first-order valence-electron chi connectivity index (χ1n) is 12.0. The molecule has 1 aliphatic heterocycles. The predicted octanol–water partition coefficient (Wildman–Crippen LogP) is 6.65. The third-order valence-corrected chi connectivity index (χ3v) is 7.74. The normalized spacial score (nSPS) is 17.1. The van der Waals surface area contributed by atoms with Gasteiger partial charge in [-0.15, -0.1) is 0 Å². The van der Waals surface area contributed by atoms with Crippen LogP contribution in [0.15, 0.2) is 66.9 Å². The Morgan fingerprint density at radius 3 is 2.46 bits per heavy atom. The van der Waals surface area contributed by atoms with Crippen LogP contribution in [0.2, 0.25) is 5.02 Å². The molecule has 1 fully saturated rings. The molecule has 5 rings (SSSR count). The summed E-state index contributed by atoms with van der Waals surface area (Å²) in [6, 6.07) is 19.6. The first kappa shape index (κ1) is 25.1. The number of hydrogen-bond donors (Lipinski definition) is 1. The number of benzene rings is 2. The minimum atomic E-state index is -0.177. The predicted molar refractivity (Wildman–Crippen MR) is 152 cm³/mol. The molecular formula is C29H29ClN4O2S. The molecule has 37 heavy (non-hydrogen) atoms. The van der Waals surface area contributed by atoms with Crippen molar-refractivity contribution in [2.75, 3.05) is 19.1 Å². The summed E-state index contributed by atoms with van der Waals surface area (Å²) in [4.78, 5) is 6.82. The number of aryl methyl sites for hydroxylation is 1. The van der Waals surface area contributed by atoms with E-state index < -0.39 is 0 Å². The molecule has 4 aromatic rings. The first-order valence-corrected chi connectivity index (χ1v) is 12.8. The van der Waals surface area contributed by atoms with E-state index in [1.807, 2.05) is 61.7 Å². The number of pyridine rings is 1. The number of aromatic nitrogens is 2. The monoisotopic (exact) mass is 532 g/mol. The molecule has 8 heteroatoms. The second-order valence-corrected chi connectivity index (χ2v) is 9.87. The Labute approximate surface area is 227 Å². The molecule has 1 aliphatic rings. The summed E-state index contributed by atoms with van der Waals surface area (Å²) in [6.45, 7) is 6.31. The number of ether oxygens (including phenoxy) is 2. The van der Waals surface area contributed by atoms with Crippen LogP contribution in [0.5, 0.6) is 11.5 Å². The maximum atomic E-state index is 6.50. The smallest absolute Gasteiger partial charge is 0.174 e. The first-order chi connectivity index (χ1) is 17.8. The van der Waals surface area contributed by atoms with Gasteiger partial charge in [0, 0.05) is 34.4 Å². The van der Waals surface area contributed by atoms with Crippen molar-refractivity contribution in [1.82, 2.24) is 14.9 Å². The molecule has 1 saturated heterocycles.